The molecule has 2 aromatic carbocycles. The number of aryl methyl sites for hydroxylation is 1. The average Bonchev–Trinajstić information content (AvgIpc) is 2.80. The molecule has 3 N–H and O–H groups in total. The van der Waals surface area contributed by atoms with Gasteiger partial charge in [0.1, 0.15) is 6.04 Å². The number of carbonyl (C=O) groups is 2. The molecule has 3 rings (SSSR count). The van der Waals surface area contributed by atoms with E-state index in [9.17, 15) is 14.4 Å². The third-order valence-electron chi connectivity index (χ3n) is 5.19. The Morgan fingerprint density at radius 1 is 1.15 bits per heavy atom. The van der Waals surface area contributed by atoms with Crippen LogP contribution in [0.2, 0.25) is 10.0 Å². The van der Waals surface area contributed by atoms with Gasteiger partial charge in [0, 0.05) is 31.8 Å². The lowest BCUT2D eigenvalue weighted by Crippen LogP contribution is -2.43. The van der Waals surface area contributed by atoms with Gasteiger partial charge in [0.05, 0.1) is 22.7 Å². The summed E-state index contributed by atoms with van der Waals surface area (Å²) in [6.07, 6.45) is 1.72. The fraction of sp³-hybridized carbons (Fsp3) is 0.208. The number of rotatable bonds is 7. The maximum Gasteiger partial charge on any atom is 0.328 e. The average molecular weight is 488 g/mol. The van der Waals surface area contributed by atoms with Gasteiger partial charge in [0.2, 0.25) is 0 Å². The summed E-state index contributed by atoms with van der Waals surface area (Å²) in [6.45, 7) is 0.122. The van der Waals surface area contributed by atoms with E-state index in [1.54, 1.807) is 61.8 Å². The van der Waals surface area contributed by atoms with E-state index in [1.165, 1.54) is 11.7 Å². The number of carbonyl (C=O) groups excluding carboxylic acids is 2. The van der Waals surface area contributed by atoms with E-state index in [2.05, 4.69) is 5.32 Å². The summed E-state index contributed by atoms with van der Waals surface area (Å²) < 4.78 is 6.29. The van der Waals surface area contributed by atoms with Crippen LogP contribution >= 0.6 is 23.2 Å². The monoisotopic (exact) mass is 487 g/mol. The lowest BCUT2D eigenvalue weighted by Gasteiger charge is -2.18. The van der Waals surface area contributed by atoms with E-state index in [4.69, 9.17) is 33.7 Å². The number of hydrogen-bond donors (Lipinski definition) is 2. The van der Waals surface area contributed by atoms with Crippen LogP contribution in [0.25, 0.3) is 11.1 Å². The second kappa shape index (κ2) is 10.7. The molecule has 3 aromatic rings. The van der Waals surface area contributed by atoms with Gasteiger partial charge in [-0.1, -0.05) is 59.6 Å². The number of amides is 1. The lowest BCUT2D eigenvalue weighted by atomic mass is 10.0. The molecule has 0 spiro atoms. The molecule has 0 radical (unpaired) electrons. The topological polar surface area (TPSA) is 103 Å². The zero-order chi connectivity index (χ0) is 24.1. The minimum Gasteiger partial charge on any atom is -0.467 e. The molecule has 33 heavy (non-hydrogen) atoms. The van der Waals surface area contributed by atoms with Crippen LogP contribution < -0.4 is 16.6 Å². The standard InChI is InChI=1S/C24H23Cl2N3O4/c1-29-13-17(25)11-18(23(29)31)15-8-6-14(7-9-15)10-20(24(32)33-2)28-22(30)21-16(12-27)4-3-5-19(21)26/h3-9,11,13,20H,10,12,27H2,1-2H3,(H,28,30). The van der Waals surface area contributed by atoms with Gasteiger partial charge in [-0.25, -0.2) is 4.79 Å². The highest BCUT2D eigenvalue weighted by Crippen LogP contribution is 2.22. The minimum atomic E-state index is -0.950. The highest BCUT2D eigenvalue weighted by atomic mass is 35.5. The number of nitrogens with two attached hydrogens (primary N) is 1. The van der Waals surface area contributed by atoms with Crippen LogP contribution in [-0.4, -0.2) is 29.6 Å². The number of halogens is 2. The highest BCUT2D eigenvalue weighted by Gasteiger charge is 2.25. The van der Waals surface area contributed by atoms with E-state index in [1.807, 2.05) is 0 Å². The van der Waals surface area contributed by atoms with Gasteiger partial charge in [0.15, 0.2) is 0 Å². The Kier molecular flexibility index (Phi) is 7.92. The second-order valence-electron chi connectivity index (χ2n) is 7.42. The van der Waals surface area contributed by atoms with Crippen LogP contribution in [0.15, 0.2) is 59.5 Å². The number of pyridine rings is 1. The molecule has 1 unspecified atom stereocenters. The number of methoxy groups -OCH3 is 1. The highest BCUT2D eigenvalue weighted by molar-refractivity contribution is 6.34. The van der Waals surface area contributed by atoms with Crippen molar-refractivity contribution in [1.29, 1.82) is 0 Å². The Morgan fingerprint density at radius 3 is 2.48 bits per heavy atom. The molecule has 0 fully saturated rings. The molecule has 172 valence electrons. The number of nitrogens with one attached hydrogen (secondary N) is 1. The van der Waals surface area contributed by atoms with Crippen LogP contribution in [-0.2, 0) is 29.5 Å². The lowest BCUT2D eigenvalue weighted by molar-refractivity contribution is -0.142. The van der Waals surface area contributed by atoms with Gasteiger partial charge in [-0.2, -0.15) is 0 Å². The van der Waals surface area contributed by atoms with Crippen molar-refractivity contribution < 1.29 is 14.3 Å². The molecule has 9 heteroatoms. The number of nitrogens with zero attached hydrogens (tertiary/aromatic N) is 1. The molecule has 7 nitrogen and oxygen atoms in total. The fourth-order valence-corrected chi connectivity index (χ4v) is 4.03. The van der Waals surface area contributed by atoms with Crippen LogP contribution in [0.5, 0.6) is 0 Å². The van der Waals surface area contributed by atoms with E-state index in [0.29, 0.717) is 21.7 Å². The summed E-state index contributed by atoms with van der Waals surface area (Å²) in [7, 11) is 2.88. The summed E-state index contributed by atoms with van der Waals surface area (Å²) in [5, 5.41) is 3.38. The predicted molar refractivity (Wildman–Crippen MR) is 128 cm³/mol. The fourth-order valence-electron chi connectivity index (χ4n) is 3.49. The molecule has 1 atom stereocenters. The normalized spacial score (nSPS) is 11.7. The molecule has 1 heterocycles. The molecular weight excluding hydrogens is 465 g/mol. The van der Waals surface area contributed by atoms with Crippen molar-refractivity contribution >= 4 is 35.1 Å². The van der Waals surface area contributed by atoms with Crippen molar-refractivity contribution in [2.24, 2.45) is 12.8 Å². The largest absolute Gasteiger partial charge is 0.467 e. The Labute approximate surface area is 201 Å². The molecule has 1 amide bonds. The van der Waals surface area contributed by atoms with Gasteiger partial charge in [-0.15, -0.1) is 0 Å². The van der Waals surface area contributed by atoms with E-state index in [-0.39, 0.29) is 29.1 Å². The Bertz CT molecular complexity index is 1240. The molecule has 1 aromatic heterocycles. The summed E-state index contributed by atoms with van der Waals surface area (Å²) in [5.74, 6) is -1.12. The van der Waals surface area contributed by atoms with E-state index < -0.39 is 17.9 Å². The van der Waals surface area contributed by atoms with Gasteiger partial charge < -0.3 is 20.4 Å². The van der Waals surface area contributed by atoms with Gasteiger partial charge in [-0.3, -0.25) is 9.59 Å². The van der Waals surface area contributed by atoms with Gasteiger partial charge in [0.25, 0.3) is 11.5 Å². The van der Waals surface area contributed by atoms with Crippen LogP contribution in [0.4, 0.5) is 0 Å². The molecule has 0 saturated carbocycles. The first-order chi connectivity index (χ1) is 15.7. The summed E-state index contributed by atoms with van der Waals surface area (Å²) >= 11 is 12.3. The van der Waals surface area contributed by atoms with Crippen molar-refractivity contribution in [3.63, 3.8) is 0 Å². The van der Waals surface area contributed by atoms with Crippen LogP contribution in [0.1, 0.15) is 21.5 Å². The first kappa shape index (κ1) is 24.5. The smallest absolute Gasteiger partial charge is 0.328 e. The van der Waals surface area contributed by atoms with E-state index >= 15 is 0 Å². The summed E-state index contributed by atoms with van der Waals surface area (Å²) in [4.78, 5) is 37.7. The molecule has 0 aliphatic rings. The molecule has 0 aliphatic carbocycles. The SMILES string of the molecule is COC(=O)C(Cc1ccc(-c2cc(Cl)cn(C)c2=O)cc1)NC(=O)c1c(Cl)cccc1CN. The van der Waals surface area contributed by atoms with E-state index in [0.717, 1.165) is 5.56 Å². The maximum atomic E-state index is 12.9. The third-order valence-corrected chi connectivity index (χ3v) is 5.71. The van der Waals surface area contributed by atoms with Gasteiger partial charge in [-0.05, 0) is 28.8 Å². The molecular formula is C24H23Cl2N3O4. The Hall–Kier alpha value is -3.13. The molecule has 0 aliphatic heterocycles. The number of benzene rings is 2. The Morgan fingerprint density at radius 2 is 1.85 bits per heavy atom. The van der Waals surface area contributed by atoms with Crippen molar-refractivity contribution in [3.05, 3.63) is 91.8 Å². The number of ether oxygens (including phenoxy) is 1. The number of esters is 1. The first-order valence-electron chi connectivity index (χ1n) is 10.1. The van der Waals surface area contributed by atoms with Crippen LogP contribution in [0, 0.1) is 0 Å². The summed E-state index contributed by atoms with van der Waals surface area (Å²) in [5.41, 5.74) is 8.24. The first-order valence-corrected chi connectivity index (χ1v) is 10.8. The second-order valence-corrected chi connectivity index (χ2v) is 8.26. The number of aromatic nitrogens is 1. The summed E-state index contributed by atoms with van der Waals surface area (Å²) in [6, 6.07) is 12.7. The Balaban J connectivity index is 1.84. The predicted octanol–water partition coefficient (Wildman–Crippen LogP) is 3.33. The van der Waals surface area contributed by atoms with Crippen molar-refractivity contribution in [2.45, 2.75) is 19.0 Å². The zero-order valence-electron chi connectivity index (χ0n) is 18.1. The zero-order valence-corrected chi connectivity index (χ0v) is 19.6. The van der Waals surface area contributed by atoms with Crippen molar-refractivity contribution in [3.8, 4) is 11.1 Å². The quantitative estimate of drug-likeness (QED) is 0.497. The minimum absolute atomic E-state index is 0.122. The third kappa shape index (κ3) is 5.63. The number of hydrogen-bond acceptors (Lipinski definition) is 5. The van der Waals surface area contributed by atoms with Crippen molar-refractivity contribution in [2.75, 3.05) is 7.11 Å². The van der Waals surface area contributed by atoms with Crippen LogP contribution in [0.3, 0.4) is 0 Å². The van der Waals surface area contributed by atoms with Crippen molar-refractivity contribution in [1.82, 2.24) is 9.88 Å². The maximum absolute atomic E-state index is 12.9. The molecule has 0 bridgehead atoms. The molecule has 0 saturated heterocycles. The van der Waals surface area contributed by atoms with Gasteiger partial charge >= 0.3 is 5.97 Å².